The van der Waals surface area contributed by atoms with Gasteiger partial charge in [-0.3, -0.25) is 0 Å². The Morgan fingerprint density at radius 1 is 1.08 bits per heavy atom. The number of carbonyl (C=O) groups excluding carboxylic acids is 2. The van der Waals surface area contributed by atoms with Crippen LogP contribution in [-0.2, 0) is 27.7 Å². The Kier molecular flexibility index (Phi) is 1.27. The second kappa shape index (κ2) is 1.94. The summed E-state index contributed by atoms with van der Waals surface area (Å²) < 4.78 is 17.7. The number of hydrogen-bond acceptors (Lipinski definition) is 7. The van der Waals surface area contributed by atoms with Gasteiger partial charge in [0.2, 0.25) is 0 Å². The van der Waals surface area contributed by atoms with E-state index in [1.165, 1.54) is 0 Å². The molecule has 8 heteroatoms. The van der Waals surface area contributed by atoms with E-state index in [1.807, 2.05) is 0 Å². The van der Waals surface area contributed by atoms with Crippen LogP contribution in [0, 0.1) is 0 Å². The second-order valence-corrected chi connectivity index (χ2v) is 4.68. The minimum atomic E-state index is -4.76. The standard InChI is InChI=1S/C4H5O7P/c5-3-1-8-12(7,10-3)9-2-4(6)11-12/h7H,1-2H2. The van der Waals surface area contributed by atoms with E-state index in [4.69, 9.17) is 0 Å². The summed E-state index contributed by atoms with van der Waals surface area (Å²) in [5.41, 5.74) is 0. The molecule has 2 aliphatic heterocycles. The molecule has 2 heterocycles. The van der Waals surface area contributed by atoms with Gasteiger partial charge in [0.15, 0.2) is 0 Å². The van der Waals surface area contributed by atoms with Gasteiger partial charge in [0.25, 0.3) is 0 Å². The molecular formula is C4H5O7P. The monoisotopic (exact) mass is 196 g/mol. The summed E-state index contributed by atoms with van der Waals surface area (Å²) in [6, 6.07) is 0. The first kappa shape index (κ1) is 7.88. The van der Waals surface area contributed by atoms with E-state index in [0.717, 1.165) is 0 Å². The molecule has 0 aromatic rings. The molecule has 0 aromatic carbocycles. The quantitative estimate of drug-likeness (QED) is 0.509. The van der Waals surface area contributed by atoms with Crippen molar-refractivity contribution in [3.63, 3.8) is 0 Å². The fourth-order valence-electron chi connectivity index (χ4n) is 0.876. The van der Waals surface area contributed by atoms with Crippen molar-refractivity contribution in [1.82, 2.24) is 0 Å². The normalized spacial score (nSPS) is 33.9. The number of carbonyl (C=O) groups is 2. The first-order chi connectivity index (χ1) is 5.50. The molecule has 12 heavy (non-hydrogen) atoms. The molecular weight excluding hydrogens is 191 g/mol. The van der Waals surface area contributed by atoms with Crippen molar-refractivity contribution in [3.05, 3.63) is 0 Å². The molecule has 0 aliphatic carbocycles. The third kappa shape index (κ3) is 0.987. The van der Waals surface area contributed by atoms with E-state index in [2.05, 4.69) is 18.1 Å². The fraction of sp³-hybridized carbons (Fsp3) is 0.500. The van der Waals surface area contributed by atoms with E-state index < -0.39 is 32.9 Å². The van der Waals surface area contributed by atoms with Crippen molar-refractivity contribution in [1.29, 1.82) is 0 Å². The van der Waals surface area contributed by atoms with Gasteiger partial charge in [-0.15, -0.1) is 0 Å². The molecule has 0 unspecified atom stereocenters. The van der Waals surface area contributed by atoms with E-state index in [9.17, 15) is 14.5 Å². The minimum absolute atomic E-state index is 0.471. The molecule has 1 N–H and O–H groups in total. The van der Waals surface area contributed by atoms with Crippen LogP contribution in [-0.4, -0.2) is 30.0 Å². The average molecular weight is 196 g/mol. The Labute approximate surface area is 66.5 Å². The molecule has 0 radical (unpaired) electrons. The summed E-state index contributed by atoms with van der Waals surface area (Å²) in [6.07, 6.45) is 0. The molecule has 2 aliphatic rings. The first-order valence-electron chi connectivity index (χ1n) is 3.03. The fourth-order valence-corrected chi connectivity index (χ4v) is 2.63. The third-order valence-electron chi connectivity index (χ3n) is 1.31. The zero-order chi connectivity index (χ0) is 8.84. The van der Waals surface area contributed by atoms with Crippen LogP contribution in [0.5, 0.6) is 0 Å². The zero-order valence-corrected chi connectivity index (χ0v) is 6.65. The van der Waals surface area contributed by atoms with Crippen LogP contribution in [0.1, 0.15) is 0 Å². The van der Waals surface area contributed by atoms with Gasteiger partial charge >= 0.3 is 65.5 Å². The van der Waals surface area contributed by atoms with Crippen LogP contribution in [0.4, 0.5) is 0 Å². The van der Waals surface area contributed by atoms with Gasteiger partial charge in [-0.05, 0) is 0 Å². The van der Waals surface area contributed by atoms with E-state index >= 15 is 0 Å². The summed E-state index contributed by atoms with van der Waals surface area (Å²) >= 11 is 0. The molecule has 2 rings (SSSR count). The molecule has 0 aromatic heterocycles. The van der Waals surface area contributed by atoms with Gasteiger partial charge in [0.05, 0.1) is 0 Å². The van der Waals surface area contributed by atoms with Gasteiger partial charge in [-0.2, -0.15) is 0 Å². The summed E-state index contributed by atoms with van der Waals surface area (Å²) in [4.78, 5) is 30.6. The van der Waals surface area contributed by atoms with Crippen LogP contribution >= 0.6 is 7.74 Å². The third-order valence-corrected chi connectivity index (χ3v) is 3.44. The van der Waals surface area contributed by atoms with Crippen molar-refractivity contribution < 1.29 is 32.6 Å². The summed E-state index contributed by atoms with van der Waals surface area (Å²) in [6.45, 7) is -0.941. The van der Waals surface area contributed by atoms with Gasteiger partial charge in [0, 0.05) is 0 Å². The predicted octanol–water partition coefficient (Wildman–Crippen LogP) is -0.746. The van der Waals surface area contributed by atoms with E-state index in [-0.39, 0.29) is 0 Å². The summed E-state index contributed by atoms with van der Waals surface area (Å²) in [5.74, 6) is -1.63. The number of hydrogen-bond donors (Lipinski definition) is 1. The Hall–Kier alpha value is -0.750. The van der Waals surface area contributed by atoms with Crippen LogP contribution in [0.15, 0.2) is 0 Å². The average Bonchev–Trinajstić information content (AvgIpc) is 2.40. The molecule has 0 saturated carbocycles. The van der Waals surface area contributed by atoms with Crippen molar-refractivity contribution in [2.24, 2.45) is 0 Å². The molecule has 0 atom stereocenters. The maximum atomic E-state index is 10.6. The Bertz CT molecular complexity index is 247. The predicted molar refractivity (Wildman–Crippen MR) is 33.2 cm³/mol. The van der Waals surface area contributed by atoms with Gasteiger partial charge in [-0.1, -0.05) is 0 Å². The van der Waals surface area contributed by atoms with Gasteiger partial charge < -0.3 is 0 Å². The van der Waals surface area contributed by atoms with Crippen molar-refractivity contribution in [3.8, 4) is 0 Å². The molecule has 7 nitrogen and oxygen atoms in total. The molecule has 1 spiro atoms. The van der Waals surface area contributed by atoms with Crippen molar-refractivity contribution >= 4 is 19.7 Å². The van der Waals surface area contributed by atoms with E-state index in [1.54, 1.807) is 0 Å². The van der Waals surface area contributed by atoms with Crippen LogP contribution < -0.4 is 0 Å². The topological polar surface area (TPSA) is 91.3 Å². The SMILES string of the molecule is O=C1COP2(O)(OCC(=O)O2)O1. The Morgan fingerprint density at radius 3 is 1.75 bits per heavy atom. The molecule has 0 bridgehead atoms. The molecule has 68 valence electrons. The second-order valence-electron chi connectivity index (χ2n) is 2.25. The molecule has 2 fully saturated rings. The summed E-state index contributed by atoms with van der Waals surface area (Å²) in [7, 11) is -4.76. The number of rotatable bonds is 0. The Balaban J connectivity index is 2.30. The van der Waals surface area contributed by atoms with Crippen molar-refractivity contribution in [2.45, 2.75) is 0 Å². The maximum absolute atomic E-state index is 10.6. The summed E-state index contributed by atoms with van der Waals surface area (Å²) in [5, 5.41) is 0. The van der Waals surface area contributed by atoms with Crippen LogP contribution in [0.3, 0.4) is 0 Å². The van der Waals surface area contributed by atoms with Crippen molar-refractivity contribution in [2.75, 3.05) is 13.2 Å². The Morgan fingerprint density at radius 2 is 1.50 bits per heavy atom. The van der Waals surface area contributed by atoms with Crippen LogP contribution in [0.25, 0.3) is 0 Å². The van der Waals surface area contributed by atoms with E-state index in [0.29, 0.717) is 0 Å². The molecule has 0 amide bonds. The zero-order valence-electron chi connectivity index (χ0n) is 5.76. The first-order valence-corrected chi connectivity index (χ1v) is 4.89. The van der Waals surface area contributed by atoms with Crippen LogP contribution in [0.2, 0.25) is 0 Å². The van der Waals surface area contributed by atoms with Gasteiger partial charge in [-0.25, -0.2) is 0 Å². The van der Waals surface area contributed by atoms with Gasteiger partial charge in [0.1, 0.15) is 0 Å². The molecule has 2 saturated heterocycles.